The Kier molecular flexibility index (Phi) is 4.94. The van der Waals surface area contributed by atoms with Crippen LogP contribution in [0.3, 0.4) is 0 Å². The number of carbonyl (C=O) groups is 1. The van der Waals surface area contributed by atoms with Crippen molar-refractivity contribution in [1.29, 1.82) is 0 Å². The first-order valence-corrected chi connectivity index (χ1v) is 7.53. The van der Waals surface area contributed by atoms with Gasteiger partial charge in [-0.2, -0.15) is 13.2 Å². The molecule has 0 saturated heterocycles. The molecule has 0 aliphatic rings. The fraction of sp³-hybridized carbons (Fsp3) is 0.250. The molecule has 0 saturated carbocycles. The molecule has 5 heteroatoms. The van der Waals surface area contributed by atoms with Gasteiger partial charge in [-0.3, -0.25) is 0 Å². The molecule has 2 aromatic rings. The monoisotopic (exact) mass is 346 g/mol. The normalized spacial score (nSPS) is 11.7. The largest absolute Gasteiger partial charge is 0.456 e. The van der Waals surface area contributed by atoms with Crippen LogP contribution in [0, 0.1) is 12.3 Å². The molecule has 0 atom stereocenters. The Morgan fingerprint density at radius 1 is 1.04 bits per heavy atom. The number of terminal acetylenes is 1. The third-order valence-corrected chi connectivity index (χ3v) is 3.33. The number of hydrogen-bond acceptors (Lipinski definition) is 2. The first-order chi connectivity index (χ1) is 11.5. The molecule has 0 fully saturated rings. The molecule has 0 heterocycles. The van der Waals surface area contributed by atoms with E-state index in [1.807, 2.05) is 0 Å². The van der Waals surface area contributed by atoms with Crippen LogP contribution in [0.1, 0.15) is 42.3 Å². The minimum absolute atomic E-state index is 0.139. The van der Waals surface area contributed by atoms with Gasteiger partial charge in [-0.1, -0.05) is 24.1 Å². The number of benzene rings is 2. The van der Waals surface area contributed by atoms with Crippen molar-refractivity contribution in [3.05, 3.63) is 59.2 Å². The summed E-state index contributed by atoms with van der Waals surface area (Å²) in [6.07, 6.45) is 0.903. The van der Waals surface area contributed by atoms with E-state index < -0.39 is 23.3 Å². The average molecular weight is 346 g/mol. The quantitative estimate of drug-likeness (QED) is 0.544. The molecule has 0 N–H and O–H groups in total. The molecule has 2 aromatic carbocycles. The minimum atomic E-state index is -4.45. The van der Waals surface area contributed by atoms with E-state index in [-0.39, 0.29) is 5.56 Å². The van der Waals surface area contributed by atoms with E-state index in [2.05, 4.69) is 5.92 Å². The van der Waals surface area contributed by atoms with Gasteiger partial charge in [-0.25, -0.2) is 4.79 Å². The first-order valence-electron chi connectivity index (χ1n) is 7.53. The third kappa shape index (κ3) is 4.63. The van der Waals surface area contributed by atoms with Crippen molar-refractivity contribution >= 4 is 5.97 Å². The summed E-state index contributed by atoms with van der Waals surface area (Å²) < 4.78 is 43.7. The lowest BCUT2D eigenvalue weighted by molar-refractivity contribution is -0.137. The summed E-state index contributed by atoms with van der Waals surface area (Å²) in [5.74, 6) is 1.81. The highest BCUT2D eigenvalue weighted by Crippen LogP contribution is 2.33. The lowest BCUT2D eigenvalue weighted by Crippen LogP contribution is -2.23. The molecule has 0 bridgehead atoms. The summed E-state index contributed by atoms with van der Waals surface area (Å²) in [6, 6.07) is 9.63. The first kappa shape index (κ1) is 18.6. The maximum atomic E-state index is 12.8. The summed E-state index contributed by atoms with van der Waals surface area (Å²) >= 11 is 0. The fourth-order valence-corrected chi connectivity index (χ4v) is 2.21. The molecule has 0 aliphatic carbocycles. The highest BCUT2D eigenvalue weighted by Gasteiger charge is 2.31. The number of rotatable bonds is 2. The number of ether oxygens (including phenoxy) is 1. The highest BCUT2D eigenvalue weighted by atomic mass is 19.4. The Bertz CT molecular complexity index is 820. The van der Waals surface area contributed by atoms with Crippen molar-refractivity contribution < 1.29 is 22.7 Å². The Morgan fingerprint density at radius 2 is 1.64 bits per heavy atom. The molecule has 0 radical (unpaired) electrons. The zero-order valence-corrected chi connectivity index (χ0v) is 14.1. The molecule has 25 heavy (non-hydrogen) atoms. The topological polar surface area (TPSA) is 26.3 Å². The van der Waals surface area contributed by atoms with Gasteiger partial charge in [0.15, 0.2) is 0 Å². The summed E-state index contributed by atoms with van der Waals surface area (Å²) in [4.78, 5) is 12.0. The van der Waals surface area contributed by atoms with E-state index >= 15 is 0 Å². The standard InChI is InChI=1S/C20H17F3O2/c1-5-13-12-16(20(21,22)23)10-11-17(13)14-6-8-15(9-7-14)18(24)25-19(2,3)4/h1,6-12H,2-4H3. The molecule has 0 spiro atoms. The Hall–Kier alpha value is -2.74. The summed E-state index contributed by atoms with van der Waals surface area (Å²) in [6.45, 7) is 5.29. The van der Waals surface area contributed by atoms with Gasteiger partial charge in [-0.05, 0) is 56.2 Å². The second-order valence-corrected chi connectivity index (χ2v) is 6.48. The third-order valence-electron chi connectivity index (χ3n) is 3.33. The van der Waals surface area contributed by atoms with E-state index in [4.69, 9.17) is 11.2 Å². The van der Waals surface area contributed by atoms with Gasteiger partial charge in [-0.15, -0.1) is 6.42 Å². The van der Waals surface area contributed by atoms with Crippen LogP contribution in [-0.2, 0) is 10.9 Å². The van der Waals surface area contributed by atoms with Crippen molar-refractivity contribution in [1.82, 2.24) is 0 Å². The minimum Gasteiger partial charge on any atom is -0.456 e. The Morgan fingerprint density at radius 3 is 2.12 bits per heavy atom. The molecular formula is C20H17F3O2. The fourth-order valence-electron chi connectivity index (χ4n) is 2.21. The molecule has 0 amide bonds. The van der Waals surface area contributed by atoms with E-state index in [0.29, 0.717) is 16.7 Å². The van der Waals surface area contributed by atoms with Crippen LogP contribution in [0.2, 0.25) is 0 Å². The number of halogens is 3. The Labute approximate surface area is 144 Å². The van der Waals surface area contributed by atoms with Crippen LogP contribution < -0.4 is 0 Å². The van der Waals surface area contributed by atoms with Crippen molar-refractivity contribution in [2.75, 3.05) is 0 Å². The molecule has 0 unspecified atom stereocenters. The van der Waals surface area contributed by atoms with Crippen molar-refractivity contribution in [3.63, 3.8) is 0 Å². The predicted octanol–water partition coefficient (Wildman–Crippen LogP) is 5.31. The zero-order chi connectivity index (χ0) is 18.8. The predicted molar refractivity (Wildman–Crippen MR) is 90.0 cm³/mol. The average Bonchev–Trinajstić information content (AvgIpc) is 2.52. The van der Waals surface area contributed by atoms with E-state index in [1.165, 1.54) is 6.07 Å². The smallest absolute Gasteiger partial charge is 0.416 e. The lowest BCUT2D eigenvalue weighted by atomic mass is 9.97. The zero-order valence-electron chi connectivity index (χ0n) is 14.1. The van der Waals surface area contributed by atoms with Crippen molar-refractivity contribution in [2.45, 2.75) is 32.5 Å². The summed E-state index contributed by atoms with van der Waals surface area (Å²) in [7, 11) is 0. The van der Waals surface area contributed by atoms with Gasteiger partial charge in [0, 0.05) is 5.56 Å². The van der Waals surface area contributed by atoms with Crippen LogP contribution >= 0.6 is 0 Å². The van der Waals surface area contributed by atoms with Crippen LogP contribution in [0.4, 0.5) is 13.2 Å². The lowest BCUT2D eigenvalue weighted by Gasteiger charge is -2.19. The number of hydrogen-bond donors (Lipinski definition) is 0. The van der Waals surface area contributed by atoms with E-state index in [1.54, 1.807) is 45.0 Å². The molecule has 0 aromatic heterocycles. The van der Waals surface area contributed by atoms with E-state index in [0.717, 1.165) is 12.1 Å². The van der Waals surface area contributed by atoms with Crippen LogP contribution in [0.15, 0.2) is 42.5 Å². The van der Waals surface area contributed by atoms with Gasteiger partial charge in [0.1, 0.15) is 5.60 Å². The van der Waals surface area contributed by atoms with Crippen molar-refractivity contribution in [2.24, 2.45) is 0 Å². The second-order valence-electron chi connectivity index (χ2n) is 6.48. The van der Waals surface area contributed by atoms with Gasteiger partial charge >= 0.3 is 12.1 Å². The van der Waals surface area contributed by atoms with E-state index in [9.17, 15) is 18.0 Å². The van der Waals surface area contributed by atoms with Gasteiger partial charge in [0.05, 0.1) is 11.1 Å². The Balaban J connectivity index is 2.34. The van der Waals surface area contributed by atoms with Gasteiger partial charge in [0.2, 0.25) is 0 Å². The van der Waals surface area contributed by atoms with Gasteiger partial charge < -0.3 is 4.74 Å². The number of alkyl halides is 3. The van der Waals surface area contributed by atoms with Gasteiger partial charge in [0.25, 0.3) is 0 Å². The molecule has 130 valence electrons. The number of esters is 1. The molecule has 2 nitrogen and oxygen atoms in total. The SMILES string of the molecule is C#Cc1cc(C(F)(F)F)ccc1-c1ccc(C(=O)OC(C)(C)C)cc1. The molecular weight excluding hydrogens is 329 g/mol. The van der Waals surface area contributed by atoms with Crippen LogP contribution in [-0.4, -0.2) is 11.6 Å². The maximum Gasteiger partial charge on any atom is 0.416 e. The van der Waals surface area contributed by atoms with Crippen LogP contribution in [0.25, 0.3) is 11.1 Å². The summed E-state index contributed by atoms with van der Waals surface area (Å²) in [5.41, 5.74) is 0.197. The summed E-state index contributed by atoms with van der Waals surface area (Å²) in [5, 5.41) is 0. The molecule has 2 rings (SSSR count). The van der Waals surface area contributed by atoms with Crippen LogP contribution in [0.5, 0.6) is 0 Å². The highest BCUT2D eigenvalue weighted by molar-refractivity contribution is 5.90. The second kappa shape index (κ2) is 6.64. The maximum absolute atomic E-state index is 12.8. The van der Waals surface area contributed by atoms with Crippen molar-refractivity contribution in [3.8, 4) is 23.5 Å². The molecule has 0 aliphatic heterocycles. The number of carbonyl (C=O) groups excluding carboxylic acids is 1.